The monoisotopic (exact) mass is 319 g/mol. The van der Waals surface area contributed by atoms with Crippen molar-refractivity contribution in [3.63, 3.8) is 0 Å². The minimum atomic E-state index is 0.0635. The molecule has 0 saturated carbocycles. The number of ether oxygens (including phenoxy) is 1. The summed E-state index contributed by atoms with van der Waals surface area (Å²) in [5.41, 5.74) is 2.43. The summed E-state index contributed by atoms with van der Waals surface area (Å²) in [4.78, 5) is 16.4. The largest absolute Gasteiger partial charge is 0.385 e. The van der Waals surface area contributed by atoms with Crippen LogP contribution in [-0.4, -0.2) is 57.8 Å². The van der Waals surface area contributed by atoms with E-state index >= 15 is 0 Å². The van der Waals surface area contributed by atoms with Crippen molar-refractivity contribution in [2.45, 2.75) is 25.8 Å². The van der Waals surface area contributed by atoms with Gasteiger partial charge in [-0.2, -0.15) is 0 Å². The topological polar surface area (TPSA) is 44.8 Å². The molecule has 128 valence electrons. The fourth-order valence-electron chi connectivity index (χ4n) is 2.86. The molecule has 0 radical (unpaired) electrons. The highest BCUT2D eigenvalue weighted by Gasteiger charge is 2.12. The first-order chi connectivity index (χ1) is 11.2. The van der Waals surface area contributed by atoms with E-state index in [0.717, 1.165) is 38.2 Å². The van der Waals surface area contributed by atoms with Gasteiger partial charge in [0.2, 0.25) is 5.91 Å². The summed E-state index contributed by atoms with van der Waals surface area (Å²) in [6, 6.07) is 8.53. The van der Waals surface area contributed by atoms with Crippen molar-refractivity contribution < 1.29 is 9.53 Å². The van der Waals surface area contributed by atoms with E-state index in [4.69, 9.17) is 4.74 Å². The van der Waals surface area contributed by atoms with Gasteiger partial charge in [0.1, 0.15) is 0 Å². The molecular formula is C18H29N3O2. The Hall–Kier alpha value is -1.59. The molecule has 0 bridgehead atoms. The molecule has 5 heteroatoms. The molecule has 5 nitrogen and oxygen atoms in total. The van der Waals surface area contributed by atoms with Crippen molar-refractivity contribution in [2.75, 3.05) is 51.8 Å². The van der Waals surface area contributed by atoms with E-state index in [2.05, 4.69) is 34.5 Å². The molecule has 1 saturated heterocycles. The van der Waals surface area contributed by atoms with Crippen LogP contribution in [0.5, 0.6) is 0 Å². The van der Waals surface area contributed by atoms with Crippen molar-refractivity contribution >= 4 is 11.6 Å². The molecule has 1 aromatic rings. The third-order valence-electron chi connectivity index (χ3n) is 4.20. The lowest BCUT2D eigenvalue weighted by atomic mass is 10.2. The van der Waals surface area contributed by atoms with Gasteiger partial charge in [-0.25, -0.2) is 0 Å². The highest BCUT2D eigenvalue weighted by Crippen LogP contribution is 2.20. The molecule has 0 aliphatic carbocycles. The Kier molecular flexibility index (Phi) is 7.36. The summed E-state index contributed by atoms with van der Waals surface area (Å²) >= 11 is 0. The number of methoxy groups -OCH3 is 1. The third kappa shape index (κ3) is 6.20. The Labute approximate surface area is 139 Å². The third-order valence-corrected chi connectivity index (χ3v) is 4.20. The van der Waals surface area contributed by atoms with E-state index in [1.807, 2.05) is 11.9 Å². The van der Waals surface area contributed by atoms with Crippen molar-refractivity contribution in [3.05, 3.63) is 29.8 Å². The standard InChI is InChI=1S/C18H29N3O2/c1-20(10-5-13-23-2)15-18(22)19-14-16-6-8-17(9-7-16)21-11-3-4-12-21/h6-9H,3-5,10-15H2,1-2H3,(H,19,22). The van der Waals surface area contributed by atoms with Gasteiger partial charge in [0.05, 0.1) is 6.54 Å². The van der Waals surface area contributed by atoms with Crippen LogP contribution < -0.4 is 10.2 Å². The molecular weight excluding hydrogens is 290 g/mol. The van der Waals surface area contributed by atoms with Crippen molar-refractivity contribution in [3.8, 4) is 0 Å². The van der Waals surface area contributed by atoms with Crippen LogP contribution in [0.2, 0.25) is 0 Å². The zero-order valence-corrected chi connectivity index (χ0v) is 14.4. The molecule has 1 heterocycles. The number of likely N-dealkylation sites (N-methyl/N-ethyl adjacent to an activating group) is 1. The van der Waals surface area contributed by atoms with Crippen LogP contribution in [0.15, 0.2) is 24.3 Å². The lowest BCUT2D eigenvalue weighted by Gasteiger charge is -2.18. The molecule has 0 spiro atoms. The summed E-state index contributed by atoms with van der Waals surface area (Å²) in [5, 5.41) is 2.98. The Bertz CT molecular complexity index is 470. The predicted octanol–water partition coefficient (Wildman–Crippen LogP) is 1.87. The quantitative estimate of drug-likeness (QED) is 0.706. The van der Waals surface area contributed by atoms with Gasteiger partial charge in [-0.1, -0.05) is 12.1 Å². The molecule has 0 atom stereocenters. The Morgan fingerprint density at radius 2 is 1.96 bits per heavy atom. The van der Waals surface area contributed by atoms with Crippen LogP contribution in [-0.2, 0) is 16.1 Å². The highest BCUT2D eigenvalue weighted by molar-refractivity contribution is 5.77. The van der Waals surface area contributed by atoms with E-state index in [-0.39, 0.29) is 5.91 Å². The van der Waals surface area contributed by atoms with Gasteiger partial charge in [-0.05, 0) is 44.0 Å². The molecule has 1 aliphatic heterocycles. The van der Waals surface area contributed by atoms with Gasteiger partial charge in [-0.3, -0.25) is 9.69 Å². The van der Waals surface area contributed by atoms with Gasteiger partial charge >= 0.3 is 0 Å². The maximum atomic E-state index is 11.9. The highest BCUT2D eigenvalue weighted by atomic mass is 16.5. The zero-order valence-electron chi connectivity index (χ0n) is 14.4. The molecule has 1 aromatic carbocycles. The number of anilines is 1. The van der Waals surface area contributed by atoms with Crippen LogP contribution in [0.25, 0.3) is 0 Å². The SMILES string of the molecule is COCCCN(C)CC(=O)NCc1ccc(N2CCCC2)cc1. The molecule has 1 fully saturated rings. The van der Waals surface area contributed by atoms with E-state index in [1.165, 1.54) is 18.5 Å². The Balaban J connectivity index is 1.69. The summed E-state index contributed by atoms with van der Waals surface area (Å²) < 4.78 is 5.02. The van der Waals surface area contributed by atoms with Crippen molar-refractivity contribution in [2.24, 2.45) is 0 Å². The normalized spacial score (nSPS) is 14.5. The molecule has 23 heavy (non-hydrogen) atoms. The fraction of sp³-hybridized carbons (Fsp3) is 0.611. The average Bonchev–Trinajstić information content (AvgIpc) is 3.08. The van der Waals surface area contributed by atoms with Gasteiger partial charge in [0.15, 0.2) is 0 Å². The summed E-state index contributed by atoms with van der Waals surface area (Å²) in [6.07, 6.45) is 3.52. The number of carbonyl (C=O) groups is 1. The number of benzene rings is 1. The minimum Gasteiger partial charge on any atom is -0.385 e. The fourth-order valence-corrected chi connectivity index (χ4v) is 2.86. The molecule has 0 unspecified atom stereocenters. The van der Waals surface area contributed by atoms with Crippen LogP contribution in [0, 0.1) is 0 Å². The summed E-state index contributed by atoms with van der Waals surface area (Å²) in [5.74, 6) is 0.0635. The van der Waals surface area contributed by atoms with Crippen LogP contribution in [0.3, 0.4) is 0 Å². The number of rotatable bonds is 9. The molecule has 1 aliphatic rings. The Morgan fingerprint density at radius 1 is 1.26 bits per heavy atom. The average molecular weight is 319 g/mol. The Morgan fingerprint density at radius 3 is 2.61 bits per heavy atom. The number of nitrogens with zero attached hydrogens (tertiary/aromatic N) is 2. The zero-order chi connectivity index (χ0) is 16.5. The maximum absolute atomic E-state index is 11.9. The number of carbonyl (C=O) groups excluding carboxylic acids is 1. The second-order valence-electron chi connectivity index (χ2n) is 6.22. The molecule has 1 amide bonds. The van der Waals surface area contributed by atoms with E-state index in [9.17, 15) is 4.79 Å². The summed E-state index contributed by atoms with van der Waals surface area (Å²) in [6.45, 7) is 4.93. The maximum Gasteiger partial charge on any atom is 0.234 e. The van der Waals surface area contributed by atoms with E-state index in [1.54, 1.807) is 7.11 Å². The van der Waals surface area contributed by atoms with Crippen LogP contribution in [0.4, 0.5) is 5.69 Å². The van der Waals surface area contributed by atoms with Crippen LogP contribution in [0.1, 0.15) is 24.8 Å². The summed E-state index contributed by atoms with van der Waals surface area (Å²) in [7, 11) is 3.65. The lowest BCUT2D eigenvalue weighted by molar-refractivity contribution is -0.122. The van der Waals surface area contributed by atoms with Gasteiger partial charge in [-0.15, -0.1) is 0 Å². The van der Waals surface area contributed by atoms with Gasteiger partial charge < -0.3 is 15.0 Å². The van der Waals surface area contributed by atoms with Gasteiger partial charge in [0.25, 0.3) is 0 Å². The van der Waals surface area contributed by atoms with Crippen LogP contribution >= 0.6 is 0 Å². The second kappa shape index (κ2) is 9.53. The predicted molar refractivity (Wildman–Crippen MR) is 93.7 cm³/mol. The molecule has 1 N–H and O–H groups in total. The lowest BCUT2D eigenvalue weighted by Crippen LogP contribution is -2.35. The number of nitrogens with one attached hydrogen (secondary N) is 1. The van der Waals surface area contributed by atoms with Crippen molar-refractivity contribution in [1.82, 2.24) is 10.2 Å². The van der Waals surface area contributed by atoms with E-state index in [0.29, 0.717) is 13.1 Å². The number of hydrogen-bond donors (Lipinski definition) is 1. The smallest absolute Gasteiger partial charge is 0.234 e. The number of amides is 1. The van der Waals surface area contributed by atoms with Crippen molar-refractivity contribution in [1.29, 1.82) is 0 Å². The first kappa shape index (κ1) is 17.8. The molecule has 0 aromatic heterocycles. The molecule has 2 rings (SSSR count). The first-order valence-electron chi connectivity index (χ1n) is 8.47. The number of hydrogen-bond acceptors (Lipinski definition) is 4. The first-order valence-corrected chi connectivity index (χ1v) is 8.47. The second-order valence-corrected chi connectivity index (χ2v) is 6.22. The van der Waals surface area contributed by atoms with Gasteiger partial charge in [0, 0.05) is 45.6 Å². The minimum absolute atomic E-state index is 0.0635. The van der Waals surface area contributed by atoms with E-state index < -0.39 is 0 Å².